The first-order valence-corrected chi connectivity index (χ1v) is 5.72. The highest BCUT2D eigenvalue weighted by Crippen LogP contribution is 2.52. The van der Waals surface area contributed by atoms with Crippen molar-refractivity contribution in [2.75, 3.05) is 6.16 Å². The first-order valence-electron chi connectivity index (χ1n) is 2.38. The standard InChI is InChI=1S/C4H7Cl2P/c5-7(6)3-4-1-2-4/h4H,1-3H2. The van der Waals surface area contributed by atoms with E-state index in [1.54, 1.807) is 0 Å². The minimum absolute atomic E-state index is 0.633. The van der Waals surface area contributed by atoms with E-state index in [-0.39, 0.29) is 0 Å². The molecular weight excluding hydrogens is 150 g/mol. The van der Waals surface area contributed by atoms with Gasteiger partial charge in [0.2, 0.25) is 0 Å². The van der Waals surface area contributed by atoms with Crippen LogP contribution in [-0.4, -0.2) is 6.16 Å². The fourth-order valence-corrected chi connectivity index (χ4v) is 2.42. The fraction of sp³-hybridized carbons (Fsp3) is 1.00. The molecule has 0 N–H and O–H groups in total. The maximum Gasteiger partial charge on any atom is 0.0857 e. The maximum absolute atomic E-state index is 5.54. The van der Waals surface area contributed by atoms with Crippen molar-refractivity contribution in [2.24, 2.45) is 5.92 Å². The van der Waals surface area contributed by atoms with Crippen molar-refractivity contribution in [1.29, 1.82) is 0 Å². The minimum Gasteiger partial charge on any atom is -0.0781 e. The Kier molecular flexibility index (Phi) is 2.21. The predicted octanol–water partition coefficient (Wildman–Crippen LogP) is 3.19. The lowest BCUT2D eigenvalue weighted by atomic mass is 10.5. The number of halogens is 2. The Morgan fingerprint density at radius 3 is 2.14 bits per heavy atom. The molecule has 0 atom stereocenters. The maximum atomic E-state index is 5.54. The highest BCUT2D eigenvalue weighted by atomic mass is 35.9. The third-order valence-electron chi connectivity index (χ3n) is 1.09. The molecular formula is C4H7Cl2P. The summed E-state index contributed by atoms with van der Waals surface area (Å²) in [6.45, 7) is -0.633. The third kappa shape index (κ3) is 2.74. The van der Waals surface area contributed by atoms with E-state index < -0.39 is 6.63 Å². The quantitative estimate of drug-likeness (QED) is 0.540. The Morgan fingerprint density at radius 2 is 2.00 bits per heavy atom. The summed E-state index contributed by atoms with van der Waals surface area (Å²) in [7, 11) is 0. The fourth-order valence-electron chi connectivity index (χ4n) is 0.496. The predicted molar refractivity (Wildman–Crippen MR) is 36.2 cm³/mol. The molecule has 1 fully saturated rings. The first-order chi connectivity index (χ1) is 3.29. The second-order valence-corrected chi connectivity index (χ2v) is 5.87. The summed E-state index contributed by atoms with van der Waals surface area (Å²) >= 11 is 11.1. The molecule has 0 radical (unpaired) electrons. The van der Waals surface area contributed by atoms with Crippen LogP contribution in [0.4, 0.5) is 0 Å². The Hall–Kier alpha value is 1.01. The molecule has 0 bridgehead atoms. The summed E-state index contributed by atoms with van der Waals surface area (Å²) in [5.41, 5.74) is 0. The van der Waals surface area contributed by atoms with Crippen molar-refractivity contribution in [3.63, 3.8) is 0 Å². The molecule has 7 heavy (non-hydrogen) atoms. The van der Waals surface area contributed by atoms with E-state index in [2.05, 4.69) is 0 Å². The van der Waals surface area contributed by atoms with Gasteiger partial charge in [0.25, 0.3) is 0 Å². The number of hydrogen-bond acceptors (Lipinski definition) is 0. The van der Waals surface area contributed by atoms with Gasteiger partial charge in [-0.3, -0.25) is 0 Å². The molecule has 0 unspecified atom stereocenters. The second kappa shape index (κ2) is 2.53. The summed E-state index contributed by atoms with van der Waals surface area (Å²) in [6.07, 6.45) is 3.79. The van der Waals surface area contributed by atoms with Crippen LogP contribution in [0.25, 0.3) is 0 Å². The molecule has 3 heteroatoms. The van der Waals surface area contributed by atoms with Crippen LogP contribution < -0.4 is 0 Å². The molecule has 0 saturated heterocycles. The zero-order valence-electron chi connectivity index (χ0n) is 3.90. The van der Waals surface area contributed by atoms with Gasteiger partial charge in [0.05, 0.1) is 6.63 Å². The molecule has 0 aromatic carbocycles. The highest BCUT2D eigenvalue weighted by Gasteiger charge is 2.23. The van der Waals surface area contributed by atoms with Gasteiger partial charge in [0.15, 0.2) is 0 Å². The molecule has 0 aromatic rings. The topological polar surface area (TPSA) is 0 Å². The van der Waals surface area contributed by atoms with Gasteiger partial charge >= 0.3 is 0 Å². The van der Waals surface area contributed by atoms with Gasteiger partial charge in [-0.1, -0.05) is 22.5 Å². The lowest BCUT2D eigenvalue weighted by Crippen LogP contribution is -1.73. The Morgan fingerprint density at radius 1 is 1.43 bits per heavy atom. The smallest absolute Gasteiger partial charge is 0.0781 e. The summed E-state index contributed by atoms with van der Waals surface area (Å²) in [5.74, 6) is 0.890. The zero-order chi connectivity index (χ0) is 5.28. The molecule has 1 aliphatic carbocycles. The van der Waals surface area contributed by atoms with Crippen molar-refractivity contribution in [2.45, 2.75) is 12.8 Å². The molecule has 42 valence electrons. The molecule has 1 saturated carbocycles. The van der Waals surface area contributed by atoms with Gasteiger partial charge in [0.1, 0.15) is 0 Å². The molecule has 0 heterocycles. The Bertz CT molecular complexity index is 60.7. The van der Waals surface area contributed by atoms with Crippen LogP contribution in [-0.2, 0) is 0 Å². The van der Waals surface area contributed by atoms with Crippen molar-refractivity contribution in [3.8, 4) is 0 Å². The van der Waals surface area contributed by atoms with Gasteiger partial charge in [0, 0.05) is 0 Å². The van der Waals surface area contributed by atoms with E-state index in [0.717, 1.165) is 12.1 Å². The number of rotatable bonds is 2. The van der Waals surface area contributed by atoms with Crippen molar-refractivity contribution >= 4 is 29.1 Å². The average molecular weight is 157 g/mol. The monoisotopic (exact) mass is 156 g/mol. The first kappa shape index (κ1) is 6.13. The van der Waals surface area contributed by atoms with E-state index in [0.29, 0.717) is 0 Å². The Labute approximate surface area is 54.5 Å². The van der Waals surface area contributed by atoms with Crippen LogP contribution in [0.1, 0.15) is 12.8 Å². The molecule has 1 rings (SSSR count). The zero-order valence-corrected chi connectivity index (χ0v) is 6.31. The lowest BCUT2D eigenvalue weighted by Gasteiger charge is -1.92. The van der Waals surface area contributed by atoms with Gasteiger partial charge in [-0.25, -0.2) is 0 Å². The highest BCUT2D eigenvalue weighted by molar-refractivity contribution is 8.03. The molecule has 0 aliphatic heterocycles. The van der Waals surface area contributed by atoms with Crippen LogP contribution in [0.3, 0.4) is 0 Å². The van der Waals surface area contributed by atoms with Crippen LogP contribution in [0.15, 0.2) is 0 Å². The van der Waals surface area contributed by atoms with E-state index in [1.807, 2.05) is 0 Å². The van der Waals surface area contributed by atoms with Crippen LogP contribution >= 0.6 is 29.1 Å². The van der Waals surface area contributed by atoms with Gasteiger partial charge in [-0.15, -0.1) is 0 Å². The molecule has 0 spiro atoms. The van der Waals surface area contributed by atoms with Crippen molar-refractivity contribution < 1.29 is 0 Å². The summed E-state index contributed by atoms with van der Waals surface area (Å²) < 4.78 is 0. The summed E-state index contributed by atoms with van der Waals surface area (Å²) in [4.78, 5) is 0. The summed E-state index contributed by atoms with van der Waals surface area (Å²) in [5, 5.41) is 0. The van der Waals surface area contributed by atoms with Gasteiger partial charge in [-0.05, 0) is 24.9 Å². The minimum atomic E-state index is -0.633. The average Bonchev–Trinajstić information content (AvgIpc) is 2.17. The van der Waals surface area contributed by atoms with Gasteiger partial charge in [-0.2, -0.15) is 0 Å². The normalized spacial score (nSPS) is 21.0. The van der Waals surface area contributed by atoms with E-state index in [4.69, 9.17) is 22.5 Å². The van der Waals surface area contributed by atoms with Crippen molar-refractivity contribution in [1.82, 2.24) is 0 Å². The molecule has 0 aromatic heterocycles. The Balaban J connectivity index is 1.97. The van der Waals surface area contributed by atoms with Crippen LogP contribution in [0.5, 0.6) is 0 Å². The van der Waals surface area contributed by atoms with E-state index in [1.165, 1.54) is 12.8 Å². The van der Waals surface area contributed by atoms with Crippen molar-refractivity contribution in [3.05, 3.63) is 0 Å². The largest absolute Gasteiger partial charge is 0.0857 e. The summed E-state index contributed by atoms with van der Waals surface area (Å²) in [6, 6.07) is 0. The van der Waals surface area contributed by atoms with Crippen LogP contribution in [0, 0.1) is 5.92 Å². The van der Waals surface area contributed by atoms with Crippen LogP contribution in [0.2, 0.25) is 0 Å². The van der Waals surface area contributed by atoms with E-state index in [9.17, 15) is 0 Å². The van der Waals surface area contributed by atoms with Gasteiger partial charge < -0.3 is 0 Å². The number of hydrogen-bond donors (Lipinski definition) is 0. The molecule has 1 aliphatic rings. The van der Waals surface area contributed by atoms with E-state index >= 15 is 0 Å². The molecule has 0 nitrogen and oxygen atoms in total. The molecule has 0 amide bonds. The third-order valence-corrected chi connectivity index (χ3v) is 2.71. The second-order valence-electron chi connectivity index (χ2n) is 1.93. The SMILES string of the molecule is ClP(Cl)CC1CC1. The lowest BCUT2D eigenvalue weighted by molar-refractivity contribution is 0.999.